The van der Waals surface area contributed by atoms with Crippen LogP contribution >= 0.6 is 0 Å². The van der Waals surface area contributed by atoms with Gasteiger partial charge in [-0.3, -0.25) is 0 Å². The highest BCUT2D eigenvalue weighted by atomic mass is 16.3. The summed E-state index contributed by atoms with van der Waals surface area (Å²) in [7, 11) is 0. The lowest BCUT2D eigenvalue weighted by Gasteiger charge is -2.28. The lowest BCUT2D eigenvalue weighted by atomic mass is 10.00. The smallest absolute Gasteiger partial charge is 0.0741 e. The quantitative estimate of drug-likeness (QED) is 0.578. The van der Waals surface area contributed by atoms with E-state index in [0.29, 0.717) is 5.92 Å². The number of hydrogen-bond donors (Lipinski definition) is 3. The average Bonchev–Trinajstić information content (AvgIpc) is 1.99. The summed E-state index contributed by atoms with van der Waals surface area (Å²) >= 11 is 0. The molecule has 0 saturated carbocycles. The number of aliphatic hydroxyl groups excluding tert-OH is 1. The van der Waals surface area contributed by atoms with E-state index in [1.165, 1.54) is 0 Å². The predicted octanol–water partition coefficient (Wildman–Crippen LogP) is 0.754. The van der Waals surface area contributed by atoms with Gasteiger partial charge >= 0.3 is 0 Å². The lowest BCUT2D eigenvalue weighted by molar-refractivity contribution is 0.0428. The van der Waals surface area contributed by atoms with Crippen molar-refractivity contribution in [1.82, 2.24) is 5.32 Å². The fourth-order valence-corrected chi connectivity index (χ4v) is 0.950. The second-order valence-corrected chi connectivity index (χ2v) is 4.40. The van der Waals surface area contributed by atoms with Crippen LogP contribution in [-0.4, -0.2) is 35.0 Å². The molecule has 0 aromatic heterocycles. The van der Waals surface area contributed by atoms with E-state index in [1.54, 1.807) is 13.8 Å². The highest BCUT2D eigenvalue weighted by molar-refractivity contribution is 4.79. The standard InChI is InChI=1S/C10H23NO2/c1-8(5-6-12)7-11-9(2)10(3,4)13/h8-9,11-13H,5-7H2,1-4H3. The van der Waals surface area contributed by atoms with E-state index < -0.39 is 5.60 Å². The van der Waals surface area contributed by atoms with Gasteiger partial charge in [0.25, 0.3) is 0 Å². The largest absolute Gasteiger partial charge is 0.396 e. The van der Waals surface area contributed by atoms with E-state index in [0.717, 1.165) is 13.0 Å². The molecule has 0 aliphatic rings. The van der Waals surface area contributed by atoms with Crippen LogP contribution < -0.4 is 5.32 Å². The van der Waals surface area contributed by atoms with Crippen LogP contribution in [0.2, 0.25) is 0 Å². The molecule has 3 nitrogen and oxygen atoms in total. The molecule has 3 heteroatoms. The van der Waals surface area contributed by atoms with E-state index in [1.807, 2.05) is 6.92 Å². The minimum atomic E-state index is -0.682. The molecule has 0 aromatic rings. The Hall–Kier alpha value is -0.120. The van der Waals surface area contributed by atoms with Crippen molar-refractivity contribution in [3.63, 3.8) is 0 Å². The van der Waals surface area contributed by atoms with Gasteiger partial charge in [0.1, 0.15) is 0 Å². The first-order valence-corrected chi connectivity index (χ1v) is 4.94. The maximum atomic E-state index is 9.62. The van der Waals surface area contributed by atoms with Gasteiger partial charge in [-0.25, -0.2) is 0 Å². The Kier molecular flexibility index (Phi) is 5.53. The van der Waals surface area contributed by atoms with E-state index in [-0.39, 0.29) is 12.6 Å². The molecule has 13 heavy (non-hydrogen) atoms. The summed E-state index contributed by atoms with van der Waals surface area (Å²) < 4.78 is 0. The molecule has 0 aliphatic carbocycles. The average molecular weight is 189 g/mol. The first kappa shape index (κ1) is 12.9. The predicted molar refractivity (Wildman–Crippen MR) is 54.6 cm³/mol. The maximum Gasteiger partial charge on any atom is 0.0741 e. The van der Waals surface area contributed by atoms with Gasteiger partial charge < -0.3 is 15.5 Å². The molecule has 0 saturated heterocycles. The van der Waals surface area contributed by atoms with Gasteiger partial charge in [-0.15, -0.1) is 0 Å². The summed E-state index contributed by atoms with van der Waals surface area (Å²) in [6.07, 6.45) is 0.811. The summed E-state index contributed by atoms with van der Waals surface area (Å²) in [4.78, 5) is 0. The molecule has 0 bridgehead atoms. The molecule has 0 aromatic carbocycles. The zero-order chi connectivity index (χ0) is 10.5. The van der Waals surface area contributed by atoms with Gasteiger partial charge in [0, 0.05) is 12.6 Å². The maximum absolute atomic E-state index is 9.62. The van der Waals surface area contributed by atoms with E-state index in [2.05, 4.69) is 12.2 Å². The van der Waals surface area contributed by atoms with Gasteiger partial charge in [-0.1, -0.05) is 6.92 Å². The van der Waals surface area contributed by atoms with Crippen molar-refractivity contribution in [3.05, 3.63) is 0 Å². The molecule has 0 rings (SSSR count). The van der Waals surface area contributed by atoms with Crippen LogP contribution in [-0.2, 0) is 0 Å². The Morgan fingerprint density at radius 2 is 1.85 bits per heavy atom. The van der Waals surface area contributed by atoms with Gasteiger partial charge in [-0.2, -0.15) is 0 Å². The Morgan fingerprint density at radius 1 is 1.31 bits per heavy atom. The van der Waals surface area contributed by atoms with Crippen LogP contribution in [0.25, 0.3) is 0 Å². The summed E-state index contributed by atoms with van der Waals surface area (Å²) in [5.41, 5.74) is -0.682. The zero-order valence-corrected chi connectivity index (χ0v) is 9.17. The molecule has 2 atom stereocenters. The molecule has 0 aliphatic heterocycles. The molecule has 0 heterocycles. The van der Waals surface area contributed by atoms with E-state index >= 15 is 0 Å². The van der Waals surface area contributed by atoms with Crippen molar-refractivity contribution in [1.29, 1.82) is 0 Å². The first-order valence-electron chi connectivity index (χ1n) is 4.94. The van der Waals surface area contributed by atoms with Crippen molar-refractivity contribution in [3.8, 4) is 0 Å². The third-order valence-corrected chi connectivity index (χ3v) is 2.45. The summed E-state index contributed by atoms with van der Waals surface area (Å²) in [6.45, 7) is 8.71. The highest BCUT2D eigenvalue weighted by Gasteiger charge is 2.21. The highest BCUT2D eigenvalue weighted by Crippen LogP contribution is 2.08. The molecular formula is C10H23NO2. The van der Waals surface area contributed by atoms with Crippen LogP contribution in [0, 0.1) is 5.92 Å². The van der Waals surface area contributed by atoms with Gasteiger partial charge in [0.15, 0.2) is 0 Å². The van der Waals surface area contributed by atoms with Crippen molar-refractivity contribution in [2.45, 2.75) is 45.8 Å². The Bertz CT molecular complexity index is 131. The molecule has 0 spiro atoms. The fraction of sp³-hybridized carbons (Fsp3) is 1.00. The van der Waals surface area contributed by atoms with Crippen molar-refractivity contribution in [2.75, 3.05) is 13.2 Å². The third-order valence-electron chi connectivity index (χ3n) is 2.45. The second kappa shape index (κ2) is 5.58. The van der Waals surface area contributed by atoms with Crippen LogP contribution in [0.5, 0.6) is 0 Å². The number of nitrogens with one attached hydrogen (secondary N) is 1. The summed E-state index contributed by atoms with van der Waals surface area (Å²) in [5.74, 6) is 0.454. The Morgan fingerprint density at radius 3 is 2.23 bits per heavy atom. The molecule has 0 amide bonds. The molecular weight excluding hydrogens is 166 g/mol. The Labute approximate surface area is 81.2 Å². The summed E-state index contributed by atoms with van der Waals surface area (Å²) in [6, 6.07) is 0.0774. The summed E-state index contributed by atoms with van der Waals surface area (Å²) in [5, 5.41) is 21.5. The monoisotopic (exact) mass is 189 g/mol. The van der Waals surface area contributed by atoms with Gasteiger partial charge in [0.2, 0.25) is 0 Å². The zero-order valence-electron chi connectivity index (χ0n) is 9.17. The van der Waals surface area contributed by atoms with Crippen LogP contribution in [0.4, 0.5) is 0 Å². The van der Waals surface area contributed by atoms with Crippen molar-refractivity contribution >= 4 is 0 Å². The Balaban J connectivity index is 3.63. The van der Waals surface area contributed by atoms with E-state index in [9.17, 15) is 5.11 Å². The van der Waals surface area contributed by atoms with Crippen molar-refractivity contribution < 1.29 is 10.2 Å². The van der Waals surface area contributed by atoms with Crippen molar-refractivity contribution in [2.24, 2.45) is 5.92 Å². The van der Waals surface area contributed by atoms with Crippen LogP contribution in [0.15, 0.2) is 0 Å². The number of aliphatic hydroxyl groups is 2. The number of hydrogen-bond acceptors (Lipinski definition) is 3. The van der Waals surface area contributed by atoms with E-state index in [4.69, 9.17) is 5.11 Å². The molecule has 2 unspecified atom stereocenters. The number of rotatable bonds is 6. The van der Waals surface area contributed by atoms with Gasteiger partial charge in [-0.05, 0) is 39.7 Å². The third kappa shape index (κ3) is 6.02. The SMILES string of the molecule is CC(CCO)CNC(C)C(C)(C)O. The minimum absolute atomic E-state index is 0.0774. The van der Waals surface area contributed by atoms with Crippen LogP contribution in [0.1, 0.15) is 34.1 Å². The fourth-order valence-electron chi connectivity index (χ4n) is 0.950. The molecule has 80 valence electrons. The molecule has 0 radical (unpaired) electrons. The first-order chi connectivity index (χ1) is 5.88. The van der Waals surface area contributed by atoms with Gasteiger partial charge in [0.05, 0.1) is 5.60 Å². The molecule has 0 fully saturated rings. The second-order valence-electron chi connectivity index (χ2n) is 4.40. The lowest BCUT2D eigenvalue weighted by Crippen LogP contribution is -2.45. The minimum Gasteiger partial charge on any atom is -0.396 e. The topological polar surface area (TPSA) is 52.5 Å². The normalized spacial score (nSPS) is 17.1. The van der Waals surface area contributed by atoms with Crippen LogP contribution in [0.3, 0.4) is 0 Å². The molecule has 3 N–H and O–H groups in total.